The highest BCUT2D eigenvalue weighted by Crippen LogP contribution is 2.23. The molecule has 2 rings (SSSR count). The van der Waals surface area contributed by atoms with Gasteiger partial charge in [-0.2, -0.15) is 0 Å². The van der Waals surface area contributed by atoms with E-state index in [-0.39, 0.29) is 17.5 Å². The molecule has 0 aromatic carbocycles. The lowest BCUT2D eigenvalue weighted by molar-refractivity contribution is -0.138. The van der Waals surface area contributed by atoms with Gasteiger partial charge in [0.1, 0.15) is 6.04 Å². The molecule has 1 aliphatic heterocycles. The van der Waals surface area contributed by atoms with E-state index < -0.39 is 12.0 Å². The zero-order valence-corrected chi connectivity index (χ0v) is 10.2. The quantitative estimate of drug-likeness (QED) is 0.778. The van der Waals surface area contributed by atoms with Crippen LogP contribution in [0.3, 0.4) is 0 Å². The van der Waals surface area contributed by atoms with Gasteiger partial charge in [-0.1, -0.05) is 0 Å². The minimum Gasteiger partial charge on any atom is -0.480 e. The molecule has 0 bridgehead atoms. The number of carboxylic acids is 1. The minimum atomic E-state index is -0.970. The molecule has 7 nitrogen and oxygen atoms in total. The fourth-order valence-corrected chi connectivity index (χ4v) is 2.12. The molecule has 1 saturated heterocycles. The molecule has 98 valence electrons. The summed E-state index contributed by atoms with van der Waals surface area (Å²) in [6.07, 6.45) is 3.17. The Morgan fingerprint density at radius 3 is 2.94 bits per heavy atom. The van der Waals surface area contributed by atoms with Gasteiger partial charge in [-0.3, -0.25) is 4.79 Å². The summed E-state index contributed by atoms with van der Waals surface area (Å²) in [7, 11) is 3.14. The summed E-state index contributed by atoms with van der Waals surface area (Å²) < 4.78 is 6.55. The van der Waals surface area contributed by atoms with E-state index >= 15 is 0 Å². The largest absolute Gasteiger partial charge is 0.480 e. The number of aromatic nitrogens is 2. The van der Waals surface area contributed by atoms with Crippen LogP contribution >= 0.6 is 0 Å². The maximum absolute atomic E-state index is 11.9. The number of aryl methyl sites for hydroxylation is 1. The van der Waals surface area contributed by atoms with Crippen LogP contribution in [0, 0.1) is 0 Å². The summed E-state index contributed by atoms with van der Waals surface area (Å²) >= 11 is 0. The molecule has 7 heteroatoms. The smallest absolute Gasteiger partial charge is 0.326 e. The highest BCUT2D eigenvalue weighted by atomic mass is 16.5. The second-order valence-corrected chi connectivity index (χ2v) is 4.27. The number of anilines is 1. The van der Waals surface area contributed by atoms with Crippen LogP contribution in [0.4, 0.5) is 5.82 Å². The molecule has 1 aromatic heterocycles. The summed E-state index contributed by atoms with van der Waals surface area (Å²) in [5.74, 6) is -0.811. The maximum atomic E-state index is 11.9. The third-order valence-corrected chi connectivity index (χ3v) is 3.15. The highest BCUT2D eigenvalue weighted by Gasteiger charge is 2.38. The Morgan fingerprint density at radius 2 is 2.33 bits per heavy atom. The molecule has 0 radical (unpaired) electrons. The highest BCUT2D eigenvalue weighted by molar-refractivity contribution is 5.78. The van der Waals surface area contributed by atoms with E-state index in [1.54, 1.807) is 7.05 Å². The number of carbonyl (C=O) groups is 1. The summed E-state index contributed by atoms with van der Waals surface area (Å²) in [4.78, 5) is 28.6. The lowest BCUT2D eigenvalue weighted by Crippen LogP contribution is -2.40. The Balaban J connectivity index is 2.39. The first-order chi connectivity index (χ1) is 8.54. The number of carboxylic acid groups (broad SMARTS) is 1. The van der Waals surface area contributed by atoms with E-state index in [0.29, 0.717) is 13.0 Å². The first kappa shape index (κ1) is 12.6. The number of hydrogen-bond donors (Lipinski definition) is 1. The molecule has 18 heavy (non-hydrogen) atoms. The van der Waals surface area contributed by atoms with Crippen LogP contribution in [-0.4, -0.2) is 46.4 Å². The molecule has 1 aromatic rings. The molecule has 2 heterocycles. The van der Waals surface area contributed by atoms with Gasteiger partial charge in [0.15, 0.2) is 5.82 Å². The SMILES string of the molecule is COC1CC(C(=O)O)N(c2nccn(C)c2=O)C1. The Bertz CT molecular complexity index is 513. The fourth-order valence-electron chi connectivity index (χ4n) is 2.12. The van der Waals surface area contributed by atoms with Crippen molar-refractivity contribution in [3.8, 4) is 0 Å². The molecule has 2 atom stereocenters. The van der Waals surface area contributed by atoms with Crippen molar-refractivity contribution in [1.82, 2.24) is 9.55 Å². The van der Waals surface area contributed by atoms with Crippen molar-refractivity contribution >= 4 is 11.8 Å². The molecule has 2 unspecified atom stereocenters. The number of ether oxygens (including phenoxy) is 1. The molecule has 1 aliphatic rings. The third-order valence-electron chi connectivity index (χ3n) is 3.15. The second-order valence-electron chi connectivity index (χ2n) is 4.27. The van der Waals surface area contributed by atoms with Gasteiger partial charge in [0.2, 0.25) is 0 Å². The summed E-state index contributed by atoms with van der Waals surface area (Å²) in [5, 5.41) is 9.18. The topological polar surface area (TPSA) is 84.7 Å². The van der Waals surface area contributed by atoms with Crippen molar-refractivity contribution in [3.63, 3.8) is 0 Å². The minimum absolute atomic E-state index is 0.159. The van der Waals surface area contributed by atoms with E-state index in [9.17, 15) is 14.7 Å². The van der Waals surface area contributed by atoms with Crippen LogP contribution in [0.2, 0.25) is 0 Å². The van der Waals surface area contributed by atoms with Crippen LogP contribution in [0.1, 0.15) is 6.42 Å². The van der Waals surface area contributed by atoms with Gasteiger partial charge in [-0.05, 0) is 0 Å². The van der Waals surface area contributed by atoms with Crippen LogP contribution in [0.5, 0.6) is 0 Å². The molecule has 0 amide bonds. The van der Waals surface area contributed by atoms with Crippen molar-refractivity contribution < 1.29 is 14.6 Å². The zero-order valence-electron chi connectivity index (χ0n) is 10.2. The van der Waals surface area contributed by atoms with Gasteiger partial charge >= 0.3 is 5.97 Å². The van der Waals surface area contributed by atoms with Crippen LogP contribution in [0.25, 0.3) is 0 Å². The van der Waals surface area contributed by atoms with E-state index in [2.05, 4.69) is 4.98 Å². The van der Waals surface area contributed by atoms with Gasteiger partial charge in [-0.25, -0.2) is 9.78 Å². The van der Waals surface area contributed by atoms with Gasteiger partial charge in [0.25, 0.3) is 5.56 Å². The first-order valence-electron chi connectivity index (χ1n) is 5.58. The maximum Gasteiger partial charge on any atom is 0.326 e. The number of hydrogen-bond acceptors (Lipinski definition) is 5. The third kappa shape index (κ3) is 2.08. The standard InChI is InChI=1S/C11H15N3O4/c1-13-4-3-12-9(10(13)15)14-6-7(18-2)5-8(14)11(16)17/h3-4,7-8H,5-6H2,1-2H3,(H,16,17). The Labute approximate surface area is 104 Å². The van der Waals surface area contributed by atoms with E-state index in [4.69, 9.17) is 4.74 Å². The summed E-state index contributed by atoms with van der Waals surface area (Å²) in [6.45, 7) is 0.361. The molecular formula is C11H15N3O4. The van der Waals surface area contributed by atoms with Crippen molar-refractivity contribution in [2.24, 2.45) is 7.05 Å². The second kappa shape index (κ2) is 4.77. The number of aliphatic carboxylic acids is 1. The van der Waals surface area contributed by atoms with Gasteiger partial charge in [0, 0.05) is 39.5 Å². The number of methoxy groups -OCH3 is 1. The average Bonchev–Trinajstić information content (AvgIpc) is 2.77. The molecule has 1 N–H and O–H groups in total. The molecule has 0 aliphatic carbocycles. The Morgan fingerprint density at radius 1 is 1.61 bits per heavy atom. The summed E-state index contributed by atoms with van der Waals surface area (Å²) in [5.41, 5.74) is -0.305. The van der Waals surface area contributed by atoms with Crippen molar-refractivity contribution in [2.75, 3.05) is 18.6 Å². The Hall–Kier alpha value is -1.89. The van der Waals surface area contributed by atoms with Crippen molar-refractivity contribution in [2.45, 2.75) is 18.6 Å². The normalized spacial score (nSPS) is 23.3. The molecular weight excluding hydrogens is 238 g/mol. The lowest BCUT2D eigenvalue weighted by Gasteiger charge is -2.21. The van der Waals surface area contributed by atoms with Gasteiger partial charge in [0.05, 0.1) is 6.10 Å². The summed E-state index contributed by atoms with van der Waals surface area (Å²) in [6, 6.07) is -0.766. The van der Waals surface area contributed by atoms with E-state index in [1.165, 1.54) is 29.0 Å². The van der Waals surface area contributed by atoms with Gasteiger partial charge in [-0.15, -0.1) is 0 Å². The molecule has 0 saturated carbocycles. The van der Waals surface area contributed by atoms with Gasteiger partial charge < -0.3 is 19.3 Å². The lowest BCUT2D eigenvalue weighted by atomic mass is 10.2. The number of nitrogens with zero attached hydrogens (tertiary/aromatic N) is 3. The number of rotatable bonds is 3. The van der Waals surface area contributed by atoms with E-state index in [1.807, 2.05) is 0 Å². The molecule has 1 fully saturated rings. The van der Waals surface area contributed by atoms with Crippen molar-refractivity contribution in [1.29, 1.82) is 0 Å². The monoisotopic (exact) mass is 253 g/mol. The van der Waals surface area contributed by atoms with Crippen LogP contribution in [-0.2, 0) is 16.6 Å². The van der Waals surface area contributed by atoms with Crippen LogP contribution in [0.15, 0.2) is 17.2 Å². The van der Waals surface area contributed by atoms with Crippen LogP contribution < -0.4 is 10.5 Å². The van der Waals surface area contributed by atoms with Crippen molar-refractivity contribution in [3.05, 3.63) is 22.7 Å². The first-order valence-corrected chi connectivity index (χ1v) is 5.58. The predicted octanol–water partition coefficient (Wildman–Crippen LogP) is -0.541. The van der Waals surface area contributed by atoms with E-state index in [0.717, 1.165) is 0 Å². The average molecular weight is 253 g/mol. The predicted molar refractivity (Wildman–Crippen MR) is 63.7 cm³/mol. The fraction of sp³-hybridized carbons (Fsp3) is 0.545. The molecule has 0 spiro atoms. The Kier molecular flexibility index (Phi) is 3.33. The zero-order chi connectivity index (χ0) is 13.3.